The molecule has 0 radical (unpaired) electrons. The first kappa shape index (κ1) is 20.6. The van der Waals surface area contributed by atoms with Crippen molar-refractivity contribution in [1.29, 1.82) is 0 Å². The molecule has 0 saturated heterocycles. The Morgan fingerprint density at radius 1 is 1.10 bits per heavy atom. The number of aromatic nitrogens is 2. The Kier molecular flexibility index (Phi) is 6.11. The summed E-state index contributed by atoms with van der Waals surface area (Å²) in [6, 6.07) is 8.83. The summed E-state index contributed by atoms with van der Waals surface area (Å²) < 4.78 is 25.6. The van der Waals surface area contributed by atoms with Gasteiger partial charge in [0.05, 0.1) is 37.4 Å². The predicted molar refractivity (Wildman–Crippen MR) is 102 cm³/mol. The maximum atomic E-state index is 11.6. The Hall–Kier alpha value is -4.15. The maximum Gasteiger partial charge on any atom is 0.338 e. The lowest BCUT2D eigenvalue weighted by Gasteiger charge is -2.07. The number of rotatable bonds is 8. The molecule has 0 amide bonds. The molecule has 11 heteroatoms. The second kappa shape index (κ2) is 8.90. The highest BCUT2D eigenvalue weighted by atomic mass is 16.6. The molecule has 30 heavy (non-hydrogen) atoms. The van der Waals surface area contributed by atoms with Crippen LogP contribution in [0.3, 0.4) is 0 Å². The van der Waals surface area contributed by atoms with Gasteiger partial charge in [0.25, 0.3) is 5.89 Å². The first-order valence-electron chi connectivity index (χ1n) is 8.51. The van der Waals surface area contributed by atoms with E-state index in [9.17, 15) is 14.9 Å². The van der Waals surface area contributed by atoms with Crippen LogP contribution in [0, 0.1) is 10.1 Å². The Morgan fingerprint density at radius 3 is 2.57 bits per heavy atom. The molecule has 2 aromatic carbocycles. The molecule has 0 aliphatic heterocycles. The number of nitro groups is 1. The summed E-state index contributed by atoms with van der Waals surface area (Å²) in [4.78, 5) is 26.4. The van der Waals surface area contributed by atoms with E-state index in [1.54, 1.807) is 18.2 Å². The van der Waals surface area contributed by atoms with Crippen molar-refractivity contribution >= 4 is 11.7 Å². The molecule has 0 aliphatic rings. The minimum Gasteiger partial charge on any atom is -0.497 e. The molecule has 0 saturated carbocycles. The molecule has 1 heterocycles. The third-order valence-electron chi connectivity index (χ3n) is 4.05. The molecule has 156 valence electrons. The van der Waals surface area contributed by atoms with Gasteiger partial charge in [-0.1, -0.05) is 5.16 Å². The second-order valence-corrected chi connectivity index (χ2v) is 5.80. The van der Waals surface area contributed by atoms with Crippen molar-refractivity contribution in [2.75, 3.05) is 21.3 Å². The smallest absolute Gasteiger partial charge is 0.338 e. The second-order valence-electron chi connectivity index (χ2n) is 5.80. The van der Waals surface area contributed by atoms with Crippen LogP contribution in [0.4, 0.5) is 5.69 Å². The molecule has 3 rings (SSSR count). The number of ether oxygens (including phenoxy) is 4. The van der Waals surface area contributed by atoms with Gasteiger partial charge in [-0.15, -0.1) is 0 Å². The zero-order valence-electron chi connectivity index (χ0n) is 16.3. The third kappa shape index (κ3) is 4.29. The fourth-order valence-electron chi connectivity index (χ4n) is 2.57. The highest BCUT2D eigenvalue weighted by Crippen LogP contribution is 2.32. The summed E-state index contributed by atoms with van der Waals surface area (Å²) in [5.41, 5.74) is 0.208. The minimum absolute atomic E-state index is 0.0308. The summed E-state index contributed by atoms with van der Waals surface area (Å²) in [5.74, 6) is 0.675. The van der Waals surface area contributed by atoms with Crippen LogP contribution in [0.15, 0.2) is 40.9 Å². The van der Waals surface area contributed by atoms with Crippen LogP contribution in [-0.2, 0) is 11.3 Å². The van der Waals surface area contributed by atoms with Crippen molar-refractivity contribution in [3.63, 3.8) is 0 Å². The molecule has 0 spiro atoms. The zero-order chi connectivity index (χ0) is 21.7. The number of nitro benzene ring substituents is 1. The van der Waals surface area contributed by atoms with E-state index in [2.05, 4.69) is 14.9 Å². The molecule has 3 aromatic rings. The number of nitrogens with zero attached hydrogens (tertiary/aromatic N) is 3. The van der Waals surface area contributed by atoms with Crippen LogP contribution in [0.25, 0.3) is 11.4 Å². The lowest BCUT2D eigenvalue weighted by atomic mass is 10.2. The molecule has 0 aliphatic carbocycles. The predicted octanol–water partition coefficient (Wildman–Crippen LogP) is 3.03. The van der Waals surface area contributed by atoms with Crippen LogP contribution in [0.5, 0.6) is 17.2 Å². The summed E-state index contributed by atoms with van der Waals surface area (Å²) in [5, 5.41) is 15.2. The topological polar surface area (TPSA) is 136 Å². The van der Waals surface area contributed by atoms with E-state index in [-0.39, 0.29) is 29.6 Å². The van der Waals surface area contributed by atoms with Crippen molar-refractivity contribution in [2.45, 2.75) is 6.61 Å². The monoisotopic (exact) mass is 415 g/mol. The molecule has 0 bridgehead atoms. The molecule has 0 fully saturated rings. The van der Waals surface area contributed by atoms with Gasteiger partial charge in [-0.3, -0.25) is 10.1 Å². The van der Waals surface area contributed by atoms with Gasteiger partial charge in [0.15, 0.2) is 12.4 Å². The number of hydrogen-bond acceptors (Lipinski definition) is 10. The van der Waals surface area contributed by atoms with Gasteiger partial charge in [-0.05, 0) is 24.3 Å². The molecular formula is C19H17N3O8. The molecule has 1 aromatic heterocycles. The number of methoxy groups -OCH3 is 3. The summed E-state index contributed by atoms with van der Waals surface area (Å²) in [6.07, 6.45) is 0. The first-order valence-corrected chi connectivity index (χ1v) is 8.51. The molecule has 0 N–H and O–H groups in total. The van der Waals surface area contributed by atoms with Crippen LogP contribution in [0.1, 0.15) is 16.2 Å². The summed E-state index contributed by atoms with van der Waals surface area (Å²) >= 11 is 0. The number of esters is 1. The normalized spacial score (nSPS) is 10.4. The van der Waals surface area contributed by atoms with Crippen molar-refractivity contribution in [3.8, 4) is 28.6 Å². The molecule has 0 atom stereocenters. The molecular weight excluding hydrogens is 398 g/mol. The van der Waals surface area contributed by atoms with Crippen LogP contribution >= 0.6 is 0 Å². The largest absolute Gasteiger partial charge is 0.497 e. The zero-order valence-corrected chi connectivity index (χ0v) is 16.3. The van der Waals surface area contributed by atoms with Crippen LogP contribution < -0.4 is 14.2 Å². The minimum atomic E-state index is -0.695. The van der Waals surface area contributed by atoms with Gasteiger partial charge in [0.1, 0.15) is 11.5 Å². The fourth-order valence-corrected chi connectivity index (χ4v) is 2.57. The van der Waals surface area contributed by atoms with Gasteiger partial charge in [-0.2, -0.15) is 4.98 Å². The fraction of sp³-hybridized carbons (Fsp3) is 0.211. The number of hydrogen-bond donors (Lipinski definition) is 0. The van der Waals surface area contributed by atoms with E-state index in [4.69, 9.17) is 18.7 Å². The van der Waals surface area contributed by atoms with E-state index >= 15 is 0 Å². The third-order valence-corrected chi connectivity index (χ3v) is 4.05. The van der Waals surface area contributed by atoms with E-state index in [0.29, 0.717) is 17.1 Å². The maximum absolute atomic E-state index is 11.6. The first-order chi connectivity index (χ1) is 14.5. The van der Waals surface area contributed by atoms with Gasteiger partial charge < -0.3 is 23.5 Å². The number of carbonyl (C=O) groups is 1. The SMILES string of the molecule is COC(=O)c1ccc(OCc2nc(-c3ccc(OC)cc3OC)no2)c([N+](=O)[O-])c1. The van der Waals surface area contributed by atoms with Crippen molar-refractivity contribution in [3.05, 3.63) is 58.0 Å². The van der Waals surface area contributed by atoms with Gasteiger partial charge in [0.2, 0.25) is 5.82 Å². The number of benzene rings is 2. The van der Waals surface area contributed by atoms with Crippen LogP contribution in [-0.4, -0.2) is 42.4 Å². The van der Waals surface area contributed by atoms with Crippen molar-refractivity contribution < 1.29 is 33.2 Å². The van der Waals surface area contributed by atoms with E-state index in [1.165, 1.54) is 33.5 Å². The van der Waals surface area contributed by atoms with Crippen molar-refractivity contribution in [1.82, 2.24) is 10.1 Å². The standard InChI is InChI=1S/C19H17N3O8/c1-26-12-5-6-13(16(9-12)27-2)18-20-17(30-21-18)10-29-15-7-4-11(19(23)28-3)8-14(15)22(24)25/h4-9H,10H2,1-3H3. The van der Waals surface area contributed by atoms with Crippen LogP contribution in [0.2, 0.25) is 0 Å². The lowest BCUT2D eigenvalue weighted by molar-refractivity contribution is -0.386. The molecule has 11 nitrogen and oxygen atoms in total. The number of carbonyl (C=O) groups excluding carboxylic acids is 1. The average Bonchev–Trinajstić information content (AvgIpc) is 3.25. The van der Waals surface area contributed by atoms with Gasteiger partial charge in [0, 0.05) is 12.1 Å². The van der Waals surface area contributed by atoms with E-state index in [1.807, 2.05) is 0 Å². The summed E-state index contributed by atoms with van der Waals surface area (Å²) in [6.45, 7) is -0.218. The Balaban J connectivity index is 1.79. The Labute approximate surface area is 170 Å². The van der Waals surface area contributed by atoms with Gasteiger partial charge in [-0.25, -0.2) is 4.79 Å². The highest BCUT2D eigenvalue weighted by Gasteiger charge is 2.21. The quantitative estimate of drug-likeness (QED) is 0.307. The Morgan fingerprint density at radius 2 is 1.90 bits per heavy atom. The van der Waals surface area contributed by atoms with E-state index < -0.39 is 16.6 Å². The Bertz CT molecular complexity index is 1080. The molecule has 0 unspecified atom stereocenters. The lowest BCUT2D eigenvalue weighted by Crippen LogP contribution is -2.04. The van der Waals surface area contributed by atoms with E-state index in [0.717, 1.165) is 6.07 Å². The van der Waals surface area contributed by atoms with Crippen molar-refractivity contribution in [2.24, 2.45) is 0 Å². The highest BCUT2D eigenvalue weighted by molar-refractivity contribution is 5.90. The summed E-state index contributed by atoms with van der Waals surface area (Å²) in [7, 11) is 4.22. The average molecular weight is 415 g/mol. The van der Waals surface area contributed by atoms with Gasteiger partial charge >= 0.3 is 11.7 Å².